The quantitative estimate of drug-likeness (QED) is 0.210. The van der Waals surface area contributed by atoms with Crippen molar-refractivity contribution in [3.05, 3.63) is 88.9 Å². The number of nitrogens with zero attached hydrogens (tertiary/aromatic N) is 3. The van der Waals surface area contributed by atoms with Crippen molar-refractivity contribution in [2.24, 2.45) is 5.10 Å². The number of fused-ring (bicyclic) bond motifs is 1. The zero-order valence-electron chi connectivity index (χ0n) is 18.3. The molecule has 0 saturated carbocycles. The Morgan fingerprint density at radius 1 is 1.12 bits per heavy atom. The summed E-state index contributed by atoms with van der Waals surface area (Å²) >= 11 is 7.41. The summed E-state index contributed by atoms with van der Waals surface area (Å²) in [6.07, 6.45) is 0. The molecule has 168 valence electrons. The molecule has 4 aromatic rings. The number of hydrazone groups is 1. The van der Waals surface area contributed by atoms with Gasteiger partial charge in [-0.1, -0.05) is 59.8 Å². The maximum atomic E-state index is 12.5. The smallest absolute Gasteiger partial charge is 0.250 e. The molecule has 0 aliphatic rings. The predicted molar refractivity (Wildman–Crippen MR) is 134 cm³/mol. The van der Waals surface area contributed by atoms with Gasteiger partial charge in [-0.05, 0) is 48.9 Å². The first-order valence-electron chi connectivity index (χ1n) is 10.3. The summed E-state index contributed by atoms with van der Waals surface area (Å²) in [5, 5.41) is 5.70. The molecule has 1 aromatic heterocycles. The van der Waals surface area contributed by atoms with Crippen LogP contribution in [0.4, 0.5) is 0 Å². The second-order valence-corrected chi connectivity index (χ2v) is 8.73. The van der Waals surface area contributed by atoms with Gasteiger partial charge in [0.1, 0.15) is 5.75 Å². The van der Waals surface area contributed by atoms with Crippen LogP contribution in [-0.4, -0.2) is 34.0 Å². The summed E-state index contributed by atoms with van der Waals surface area (Å²) in [4.78, 5) is 17.2. The Hall–Kier alpha value is -3.29. The van der Waals surface area contributed by atoms with Crippen LogP contribution in [0.2, 0.25) is 5.02 Å². The van der Waals surface area contributed by atoms with E-state index in [9.17, 15) is 4.79 Å². The van der Waals surface area contributed by atoms with Crippen molar-refractivity contribution in [3.63, 3.8) is 0 Å². The molecule has 0 saturated heterocycles. The lowest BCUT2D eigenvalue weighted by atomic mass is 10.1. The van der Waals surface area contributed by atoms with Gasteiger partial charge < -0.3 is 9.30 Å². The molecule has 0 radical (unpaired) electrons. The normalized spacial score (nSPS) is 11.5. The lowest BCUT2D eigenvalue weighted by Crippen LogP contribution is -2.21. The van der Waals surface area contributed by atoms with Gasteiger partial charge >= 0.3 is 0 Å². The molecule has 1 heterocycles. The zero-order chi connectivity index (χ0) is 23.2. The molecular weight excluding hydrogens is 456 g/mol. The van der Waals surface area contributed by atoms with E-state index in [1.165, 1.54) is 11.8 Å². The number of aromatic nitrogens is 2. The Morgan fingerprint density at radius 2 is 1.91 bits per heavy atom. The molecule has 0 atom stereocenters. The topological polar surface area (TPSA) is 68.5 Å². The van der Waals surface area contributed by atoms with E-state index in [1.54, 1.807) is 7.11 Å². The maximum absolute atomic E-state index is 12.5. The van der Waals surface area contributed by atoms with Gasteiger partial charge in [0.05, 0.1) is 36.2 Å². The first-order chi connectivity index (χ1) is 16.0. The molecule has 0 bridgehead atoms. The largest absolute Gasteiger partial charge is 0.497 e. The van der Waals surface area contributed by atoms with Crippen molar-refractivity contribution in [2.45, 2.75) is 18.6 Å². The van der Waals surface area contributed by atoms with Gasteiger partial charge in [-0.2, -0.15) is 5.10 Å². The van der Waals surface area contributed by atoms with Gasteiger partial charge in [-0.3, -0.25) is 4.79 Å². The number of amides is 1. The average Bonchev–Trinajstić information content (AvgIpc) is 3.19. The first kappa shape index (κ1) is 22.9. The number of nitrogens with one attached hydrogen (secondary N) is 1. The lowest BCUT2D eigenvalue weighted by Gasteiger charge is -2.09. The molecular formula is C25H23ClN4O2S. The van der Waals surface area contributed by atoms with Gasteiger partial charge in [0.25, 0.3) is 5.91 Å². The summed E-state index contributed by atoms with van der Waals surface area (Å²) in [6.45, 7) is 2.47. The third-order valence-corrected chi connectivity index (χ3v) is 6.27. The summed E-state index contributed by atoms with van der Waals surface area (Å²) in [5.41, 5.74) is 7.22. The average molecular weight is 479 g/mol. The minimum absolute atomic E-state index is 0.193. The van der Waals surface area contributed by atoms with E-state index in [4.69, 9.17) is 21.3 Å². The fourth-order valence-electron chi connectivity index (χ4n) is 3.31. The van der Waals surface area contributed by atoms with Crippen molar-refractivity contribution in [2.75, 3.05) is 12.9 Å². The van der Waals surface area contributed by atoms with Crippen LogP contribution in [0, 0.1) is 0 Å². The molecule has 4 rings (SSSR count). The number of para-hydroxylation sites is 2. The van der Waals surface area contributed by atoms with Crippen molar-refractivity contribution in [1.82, 2.24) is 15.0 Å². The highest BCUT2D eigenvalue weighted by Crippen LogP contribution is 2.25. The van der Waals surface area contributed by atoms with Gasteiger partial charge in [0.15, 0.2) is 5.16 Å². The van der Waals surface area contributed by atoms with Crippen molar-refractivity contribution < 1.29 is 9.53 Å². The second-order valence-electron chi connectivity index (χ2n) is 7.35. The van der Waals surface area contributed by atoms with Crippen LogP contribution in [-0.2, 0) is 11.3 Å². The number of carbonyl (C=O) groups excluding carboxylic acids is 1. The number of halogens is 1. The highest BCUT2D eigenvalue weighted by Gasteiger charge is 2.13. The molecule has 3 aromatic carbocycles. The molecule has 1 amide bonds. The number of ether oxygens (including phenoxy) is 1. The van der Waals surface area contributed by atoms with E-state index in [0.29, 0.717) is 17.3 Å². The SMILES string of the molecule is COc1cccc(C(C)=NNC(=O)CSc2nc3ccccc3n2Cc2ccc(Cl)cc2)c1. The molecule has 0 unspecified atom stereocenters. The van der Waals surface area contributed by atoms with E-state index in [1.807, 2.05) is 79.7 Å². The number of thioether (sulfide) groups is 1. The third kappa shape index (κ3) is 5.74. The van der Waals surface area contributed by atoms with E-state index in [2.05, 4.69) is 15.1 Å². The number of imidazole rings is 1. The fraction of sp³-hybridized carbons (Fsp3) is 0.160. The van der Waals surface area contributed by atoms with Crippen LogP contribution in [0.3, 0.4) is 0 Å². The number of methoxy groups -OCH3 is 1. The van der Waals surface area contributed by atoms with Crippen molar-refractivity contribution in [3.8, 4) is 5.75 Å². The number of hydrogen-bond acceptors (Lipinski definition) is 5. The Morgan fingerprint density at radius 3 is 2.70 bits per heavy atom. The van der Waals surface area contributed by atoms with E-state index in [-0.39, 0.29) is 11.7 Å². The van der Waals surface area contributed by atoms with E-state index >= 15 is 0 Å². The number of rotatable bonds is 8. The molecule has 0 aliphatic heterocycles. The van der Waals surface area contributed by atoms with Crippen LogP contribution in [0.25, 0.3) is 11.0 Å². The monoisotopic (exact) mass is 478 g/mol. The van der Waals surface area contributed by atoms with Gasteiger partial charge in [-0.25, -0.2) is 10.4 Å². The van der Waals surface area contributed by atoms with Gasteiger partial charge in [0.2, 0.25) is 0 Å². The molecule has 1 N–H and O–H groups in total. The van der Waals surface area contributed by atoms with Crippen LogP contribution in [0.1, 0.15) is 18.1 Å². The fourth-order valence-corrected chi connectivity index (χ4v) is 4.24. The molecule has 8 heteroatoms. The highest BCUT2D eigenvalue weighted by molar-refractivity contribution is 7.99. The van der Waals surface area contributed by atoms with Gasteiger partial charge in [0, 0.05) is 10.6 Å². The molecule has 0 aliphatic carbocycles. The third-order valence-electron chi connectivity index (χ3n) is 5.04. The highest BCUT2D eigenvalue weighted by atomic mass is 35.5. The standard InChI is InChI=1S/C25H23ClN4O2S/c1-17(19-6-5-7-21(14-19)32-2)28-29-24(31)16-33-25-27-22-8-3-4-9-23(22)30(25)15-18-10-12-20(26)13-11-18/h3-14H,15-16H2,1-2H3,(H,29,31). The van der Waals surface area contributed by atoms with Crippen molar-refractivity contribution >= 4 is 46.0 Å². The Kier molecular flexibility index (Phi) is 7.32. The minimum Gasteiger partial charge on any atom is -0.497 e. The zero-order valence-corrected chi connectivity index (χ0v) is 19.9. The van der Waals surface area contributed by atoms with Crippen LogP contribution >= 0.6 is 23.4 Å². The first-order valence-corrected chi connectivity index (χ1v) is 11.7. The summed E-state index contributed by atoms with van der Waals surface area (Å²) in [5.74, 6) is 0.731. The summed E-state index contributed by atoms with van der Waals surface area (Å²) in [7, 11) is 1.62. The summed E-state index contributed by atoms with van der Waals surface area (Å²) in [6, 6.07) is 23.2. The van der Waals surface area contributed by atoms with E-state index in [0.717, 1.165) is 33.1 Å². The van der Waals surface area contributed by atoms with Crippen LogP contribution < -0.4 is 10.2 Å². The van der Waals surface area contributed by atoms with E-state index < -0.39 is 0 Å². The molecule has 6 nitrogen and oxygen atoms in total. The summed E-state index contributed by atoms with van der Waals surface area (Å²) < 4.78 is 7.35. The molecule has 0 fully saturated rings. The van der Waals surface area contributed by atoms with Crippen LogP contribution in [0.15, 0.2) is 83.1 Å². The number of hydrogen-bond donors (Lipinski definition) is 1. The number of carbonyl (C=O) groups is 1. The maximum Gasteiger partial charge on any atom is 0.250 e. The predicted octanol–water partition coefficient (Wildman–Crippen LogP) is 5.38. The van der Waals surface area contributed by atoms with Gasteiger partial charge in [-0.15, -0.1) is 0 Å². The Bertz CT molecular complexity index is 1300. The number of benzene rings is 3. The lowest BCUT2D eigenvalue weighted by molar-refractivity contribution is -0.118. The molecule has 0 spiro atoms. The Labute approximate surface area is 201 Å². The molecule has 33 heavy (non-hydrogen) atoms. The minimum atomic E-state index is -0.202. The second kappa shape index (κ2) is 10.6. The van der Waals surface area contributed by atoms with Crippen LogP contribution in [0.5, 0.6) is 5.75 Å². The van der Waals surface area contributed by atoms with Crippen molar-refractivity contribution in [1.29, 1.82) is 0 Å². The Balaban J connectivity index is 1.46.